The molecule has 2 nitrogen and oxygen atoms in total. The molecule has 0 saturated heterocycles. The Morgan fingerprint density at radius 3 is 2.27 bits per heavy atom. The third kappa shape index (κ3) is 3.61. The van der Waals surface area contributed by atoms with Crippen molar-refractivity contribution >= 4 is 6.29 Å². The predicted octanol–water partition coefficient (Wildman–Crippen LogP) is 2.67. The van der Waals surface area contributed by atoms with Crippen molar-refractivity contribution in [3.63, 3.8) is 0 Å². The van der Waals surface area contributed by atoms with E-state index >= 15 is 0 Å². The van der Waals surface area contributed by atoms with Crippen molar-refractivity contribution in [2.24, 2.45) is 0 Å². The summed E-state index contributed by atoms with van der Waals surface area (Å²) in [5, 5.41) is 0. The Kier molecular flexibility index (Phi) is 3.71. The zero-order valence-corrected chi connectivity index (χ0v) is 7.75. The van der Waals surface area contributed by atoms with Crippen LogP contribution in [-0.2, 0) is 11.0 Å². The summed E-state index contributed by atoms with van der Waals surface area (Å²) in [6, 6.07) is 4.34. The van der Waals surface area contributed by atoms with Gasteiger partial charge in [-0.2, -0.15) is 13.2 Å². The van der Waals surface area contributed by atoms with Gasteiger partial charge in [0, 0.05) is 6.42 Å². The molecule has 0 aliphatic carbocycles. The quantitative estimate of drug-likeness (QED) is 0.573. The topological polar surface area (TPSA) is 26.3 Å². The first-order valence-corrected chi connectivity index (χ1v) is 4.28. The Bertz CT molecular complexity index is 316. The van der Waals surface area contributed by atoms with E-state index in [1.165, 1.54) is 12.1 Å². The van der Waals surface area contributed by atoms with Crippen LogP contribution in [0.25, 0.3) is 0 Å². The molecule has 0 aliphatic rings. The summed E-state index contributed by atoms with van der Waals surface area (Å²) in [6.07, 6.45) is -3.42. The van der Waals surface area contributed by atoms with Crippen molar-refractivity contribution < 1.29 is 22.7 Å². The van der Waals surface area contributed by atoms with Crippen molar-refractivity contribution in [2.75, 3.05) is 6.61 Å². The number of aldehydes is 1. The van der Waals surface area contributed by atoms with Gasteiger partial charge in [-0.05, 0) is 24.3 Å². The van der Waals surface area contributed by atoms with E-state index < -0.39 is 11.7 Å². The van der Waals surface area contributed by atoms with Gasteiger partial charge in [0.25, 0.3) is 0 Å². The highest BCUT2D eigenvalue weighted by Gasteiger charge is 2.29. The molecule has 15 heavy (non-hydrogen) atoms. The number of hydrogen-bond acceptors (Lipinski definition) is 2. The molecule has 0 atom stereocenters. The normalized spacial score (nSPS) is 11.1. The summed E-state index contributed by atoms with van der Waals surface area (Å²) >= 11 is 0. The molecule has 0 unspecified atom stereocenters. The minimum Gasteiger partial charge on any atom is -0.493 e. The standard InChI is InChI=1S/C10H9F3O2/c11-10(12,13)8-2-4-9(5-3-8)15-7-1-6-14/h2-6H,1,7H2. The van der Waals surface area contributed by atoms with Gasteiger partial charge in [0.2, 0.25) is 0 Å². The highest BCUT2D eigenvalue weighted by molar-refractivity contribution is 5.49. The third-order valence-corrected chi connectivity index (χ3v) is 1.69. The van der Waals surface area contributed by atoms with Crippen molar-refractivity contribution in [3.05, 3.63) is 29.8 Å². The first kappa shape index (κ1) is 11.6. The van der Waals surface area contributed by atoms with E-state index in [0.717, 1.165) is 12.1 Å². The first-order valence-electron chi connectivity index (χ1n) is 4.28. The minimum atomic E-state index is -4.33. The Balaban J connectivity index is 2.60. The minimum absolute atomic E-state index is 0.175. The molecule has 5 heteroatoms. The SMILES string of the molecule is O=CCCOc1ccc(C(F)(F)F)cc1. The molecule has 0 spiro atoms. The summed E-state index contributed by atoms with van der Waals surface area (Å²) in [4.78, 5) is 9.95. The van der Waals surface area contributed by atoms with E-state index in [1.54, 1.807) is 0 Å². The second kappa shape index (κ2) is 4.82. The van der Waals surface area contributed by atoms with Crippen LogP contribution in [0.5, 0.6) is 5.75 Å². The van der Waals surface area contributed by atoms with Crippen LogP contribution in [0.2, 0.25) is 0 Å². The highest BCUT2D eigenvalue weighted by atomic mass is 19.4. The lowest BCUT2D eigenvalue weighted by atomic mass is 10.2. The molecular weight excluding hydrogens is 209 g/mol. The van der Waals surface area contributed by atoms with Crippen LogP contribution in [0.3, 0.4) is 0 Å². The largest absolute Gasteiger partial charge is 0.493 e. The van der Waals surface area contributed by atoms with Crippen LogP contribution in [-0.4, -0.2) is 12.9 Å². The fourth-order valence-corrected chi connectivity index (χ4v) is 0.965. The first-order chi connectivity index (χ1) is 7.04. The molecule has 0 saturated carbocycles. The molecule has 0 radical (unpaired) electrons. The number of ether oxygens (including phenoxy) is 1. The van der Waals surface area contributed by atoms with Crippen LogP contribution >= 0.6 is 0 Å². The van der Waals surface area contributed by atoms with Crippen molar-refractivity contribution in [1.29, 1.82) is 0 Å². The zero-order chi connectivity index (χ0) is 11.3. The molecule has 0 bridgehead atoms. The molecule has 82 valence electrons. The van der Waals surface area contributed by atoms with E-state index in [0.29, 0.717) is 12.0 Å². The second-order valence-electron chi connectivity index (χ2n) is 2.83. The monoisotopic (exact) mass is 218 g/mol. The van der Waals surface area contributed by atoms with Crippen molar-refractivity contribution in [3.8, 4) is 5.75 Å². The molecule has 0 heterocycles. The van der Waals surface area contributed by atoms with Crippen molar-refractivity contribution in [2.45, 2.75) is 12.6 Å². The summed E-state index contributed by atoms with van der Waals surface area (Å²) in [5.74, 6) is 0.324. The van der Waals surface area contributed by atoms with E-state index in [-0.39, 0.29) is 13.0 Å². The summed E-state index contributed by atoms with van der Waals surface area (Å²) < 4.78 is 41.4. The van der Waals surface area contributed by atoms with Gasteiger partial charge >= 0.3 is 6.18 Å². The maximum Gasteiger partial charge on any atom is 0.416 e. The average molecular weight is 218 g/mol. The number of halogens is 3. The Hall–Kier alpha value is -1.52. The number of benzene rings is 1. The second-order valence-corrected chi connectivity index (χ2v) is 2.83. The van der Waals surface area contributed by atoms with Gasteiger partial charge in [0.15, 0.2) is 0 Å². The van der Waals surface area contributed by atoms with Gasteiger partial charge in [0.1, 0.15) is 12.0 Å². The third-order valence-electron chi connectivity index (χ3n) is 1.69. The Morgan fingerprint density at radius 2 is 1.80 bits per heavy atom. The Morgan fingerprint density at radius 1 is 1.20 bits per heavy atom. The molecule has 1 aromatic carbocycles. The lowest BCUT2D eigenvalue weighted by Crippen LogP contribution is -2.04. The van der Waals surface area contributed by atoms with E-state index in [9.17, 15) is 18.0 Å². The van der Waals surface area contributed by atoms with Crippen LogP contribution in [0.15, 0.2) is 24.3 Å². The molecule has 0 aliphatic heterocycles. The summed E-state index contributed by atoms with van der Waals surface area (Å²) in [6.45, 7) is 0.175. The number of hydrogen-bond donors (Lipinski definition) is 0. The van der Waals surface area contributed by atoms with Crippen LogP contribution in [0.4, 0.5) is 13.2 Å². The van der Waals surface area contributed by atoms with Gasteiger partial charge < -0.3 is 9.53 Å². The Labute approximate surface area is 84.7 Å². The summed E-state index contributed by atoms with van der Waals surface area (Å²) in [7, 11) is 0. The molecular formula is C10H9F3O2. The maximum atomic E-state index is 12.1. The van der Waals surface area contributed by atoms with Gasteiger partial charge in [0.05, 0.1) is 12.2 Å². The molecule has 1 aromatic rings. The molecule has 0 amide bonds. The van der Waals surface area contributed by atoms with Gasteiger partial charge in [-0.15, -0.1) is 0 Å². The zero-order valence-electron chi connectivity index (χ0n) is 7.75. The number of carbonyl (C=O) groups is 1. The van der Waals surface area contributed by atoms with Crippen LogP contribution in [0, 0.1) is 0 Å². The average Bonchev–Trinajstić information content (AvgIpc) is 2.18. The molecule has 1 rings (SSSR count). The summed E-state index contributed by atoms with van der Waals surface area (Å²) in [5.41, 5.74) is -0.717. The predicted molar refractivity (Wildman–Crippen MR) is 47.6 cm³/mol. The lowest BCUT2D eigenvalue weighted by Gasteiger charge is -2.08. The lowest BCUT2D eigenvalue weighted by molar-refractivity contribution is -0.137. The van der Waals surface area contributed by atoms with Gasteiger partial charge in [-0.1, -0.05) is 0 Å². The van der Waals surface area contributed by atoms with Gasteiger partial charge in [-0.25, -0.2) is 0 Å². The van der Waals surface area contributed by atoms with Crippen molar-refractivity contribution in [1.82, 2.24) is 0 Å². The smallest absolute Gasteiger partial charge is 0.416 e. The van der Waals surface area contributed by atoms with E-state index in [4.69, 9.17) is 4.74 Å². The van der Waals surface area contributed by atoms with Crippen LogP contribution < -0.4 is 4.74 Å². The molecule has 0 aromatic heterocycles. The number of carbonyl (C=O) groups excluding carboxylic acids is 1. The number of alkyl halides is 3. The molecule has 0 N–H and O–H groups in total. The highest BCUT2D eigenvalue weighted by Crippen LogP contribution is 2.30. The molecule has 0 fully saturated rings. The van der Waals surface area contributed by atoms with E-state index in [1.807, 2.05) is 0 Å². The van der Waals surface area contributed by atoms with Gasteiger partial charge in [-0.3, -0.25) is 0 Å². The van der Waals surface area contributed by atoms with Crippen LogP contribution in [0.1, 0.15) is 12.0 Å². The van der Waals surface area contributed by atoms with E-state index in [2.05, 4.69) is 0 Å². The fraction of sp³-hybridized carbons (Fsp3) is 0.300. The maximum absolute atomic E-state index is 12.1. The number of rotatable bonds is 4. The fourth-order valence-electron chi connectivity index (χ4n) is 0.965.